The zero-order valence-corrected chi connectivity index (χ0v) is 9.21. The van der Waals surface area contributed by atoms with E-state index in [-0.39, 0.29) is 0 Å². The maximum Gasteiger partial charge on any atom is 0.404 e. The van der Waals surface area contributed by atoms with Crippen molar-refractivity contribution in [1.29, 1.82) is 0 Å². The molecule has 0 rings (SSSR count). The van der Waals surface area contributed by atoms with Gasteiger partial charge in [-0.05, 0) is 13.1 Å². The Morgan fingerprint density at radius 2 is 1.42 bits per heavy atom. The average molecular weight is 195 g/mol. The standard InChI is InChI=1S/C4H12O2Si.C2H5NO2/c1-5-7(3,4)6-2;1-5-2(3)4/h1-4H3;1H3,(H2,3,4). The van der Waals surface area contributed by atoms with E-state index in [1.54, 1.807) is 14.2 Å². The van der Waals surface area contributed by atoms with E-state index < -0.39 is 14.7 Å². The van der Waals surface area contributed by atoms with Gasteiger partial charge in [0.2, 0.25) is 0 Å². The Hall–Kier alpha value is -0.593. The van der Waals surface area contributed by atoms with E-state index in [0.29, 0.717) is 0 Å². The number of methoxy groups -OCH3 is 1. The van der Waals surface area contributed by atoms with E-state index in [1.165, 1.54) is 7.11 Å². The van der Waals surface area contributed by atoms with Crippen LogP contribution in [0.25, 0.3) is 0 Å². The molecular weight excluding hydrogens is 178 g/mol. The largest absolute Gasteiger partial charge is 0.453 e. The summed E-state index contributed by atoms with van der Waals surface area (Å²) in [5, 5.41) is 0. The van der Waals surface area contributed by atoms with Crippen molar-refractivity contribution >= 4 is 14.7 Å². The van der Waals surface area contributed by atoms with Crippen LogP contribution >= 0.6 is 0 Å². The van der Waals surface area contributed by atoms with Crippen molar-refractivity contribution in [3.8, 4) is 0 Å². The SMILES string of the molecule is COC(N)=O.CO[Si](C)(C)OC. The van der Waals surface area contributed by atoms with Crippen LogP contribution in [0.4, 0.5) is 4.79 Å². The Morgan fingerprint density at radius 1 is 1.17 bits per heavy atom. The molecule has 0 aromatic heterocycles. The molecule has 0 heterocycles. The molecule has 0 fully saturated rings. The summed E-state index contributed by atoms with van der Waals surface area (Å²) in [6, 6.07) is 0. The van der Waals surface area contributed by atoms with Gasteiger partial charge in [0.05, 0.1) is 7.11 Å². The lowest BCUT2D eigenvalue weighted by Crippen LogP contribution is -2.31. The van der Waals surface area contributed by atoms with Crippen LogP contribution in [-0.4, -0.2) is 36.0 Å². The van der Waals surface area contributed by atoms with Gasteiger partial charge in [0, 0.05) is 14.2 Å². The summed E-state index contributed by atoms with van der Waals surface area (Å²) in [7, 11) is 2.93. The van der Waals surface area contributed by atoms with Crippen LogP contribution in [0, 0.1) is 0 Å². The zero-order valence-electron chi connectivity index (χ0n) is 8.21. The first-order valence-corrected chi connectivity index (χ1v) is 6.15. The van der Waals surface area contributed by atoms with Gasteiger partial charge in [0.25, 0.3) is 0 Å². The first-order chi connectivity index (χ1) is 5.39. The molecule has 74 valence electrons. The van der Waals surface area contributed by atoms with Gasteiger partial charge in [-0.3, -0.25) is 0 Å². The zero-order chi connectivity index (χ0) is 10.2. The molecule has 5 nitrogen and oxygen atoms in total. The molecule has 0 spiro atoms. The van der Waals surface area contributed by atoms with Crippen LogP contribution in [0.3, 0.4) is 0 Å². The quantitative estimate of drug-likeness (QED) is 0.658. The number of carbonyl (C=O) groups is 1. The van der Waals surface area contributed by atoms with E-state index in [4.69, 9.17) is 8.85 Å². The van der Waals surface area contributed by atoms with Crippen molar-refractivity contribution in [3.63, 3.8) is 0 Å². The summed E-state index contributed by atoms with van der Waals surface area (Å²) < 4.78 is 13.9. The molecule has 0 aromatic carbocycles. The Labute approximate surface area is 74.0 Å². The molecule has 0 unspecified atom stereocenters. The van der Waals surface area contributed by atoms with Crippen molar-refractivity contribution in [2.24, 2.45) is 5.73 Å². The normalized spacial score (nSPS) is 9.75. The van der Waals surface area contributed by atoms with Gasteiger partial charge >= 0.3 is 14.7 Å². The highest BCUT2D eigenvalue weighted by Crippen LogP contribution is 1.99. The first kappa shape index (κ1) is 14.0. The Morgan fingerprint density at radius 3 is 1.42 bits per heavy atom. The van der Waals surface area contributed by atoms with E-state index in [1.807, 2.05) is 13.1 Å². The van der Waals surface area contributed by atoms with Crippen LogP contribution < -0.4 is 5.73 Å². The lowest BCUT2D eigenvalue weighted by Gasteiger charge is -2.15. The molecule has 0 saturated carbocycles. The Bertz CT molecular complexity index is 123. The van der Waals surface area contributed by atoms with Crippen molar-refractivity contribution in [3.05, 3.63) is 0 Å². The summed E-state index contributed by atoms with van der Waals surface area (Å²) in [5.41, 5.74) is 4.43. The van der Waals surface area contributed by atoms with E-state index in [2.05, 4.69) is 10.5 Å². The number of hydrogen-bond acceptors (Lipinski definition) is 4. The van der Waals surface area contributed by atoms with E-state index >= 15 is 0 Å². The van der Waals surface area contributed by atoms with Crippen LogP contribution in [0.1, 0.15) is 0 Å². The van der Waals surface area contributed by atoms with E-state index in [0.717, 1.165) is 0 Å². The predicted molar refractivity (Wildman–Crippen MR) is 48.1 cm³/mol. The second-order valence-corrected chi connectivity index (χ2v) is 5.95. The molecule has 6 heteroatoms. The molecule has 0 aliphatic carbocycles. The lowest BCUT2D eigenvalue weighted by atomic mass is 11.3. The smallest absolute Gasteiger partial charge is 0.404 e. The summed E-state index contributed by atoms with van der Waals surface area (Å²) in [5.74, 6) is 0. The van der Waals surface area contributed by atoms with Gasteiger partial charge in [-0.25, -0.2) is 4.79 Å². The van der Waals surface area contributed by atoms with Crippen molar-refractivity contribution in [1.82, 2.24) is 0 Å². The molecule has 12 heavy (non-hydrogen) atoms. The highest BCUT2D eigenvalue weighted by molar-refractivity contribution is 6.64. The van der Waals surface area contributed by atoms with Crippen LogP contribution in [0.15, 0.2) is 0 Å². The monoisotopic (exact) mass is 195 g/mol. The van der Waals surface area contributed by atoms with Crippen LogP contribution in [0.2, 0.25) is 13.1 Å². The second kappa shape index (κ2) is 7.08. The fraction of sp³-hybridized carbons (Fsp3) is 0.833. The number of nitrogens with two attached hydrogens (primary N) is 1. The number of ether oxygens (including phenoxy) is 1. The van der Waals surface area contributed by atoms with Gasteiger partial charge in [-0.15, -0.1) is 0 Å². The number of hydrogen-bond donors (Lipinski definition) is 1. The van der Waals surface area contributed by atoms with Gasteiger partial charge in [0.15, 0.2) is 0 Å². The summed E-state index contributed by atoms with van der Waals surface area (Å²) in [6.07, 6.45) is -0.745. The minimum absolute atomic E-state index is 0.745. The third-order valence-corrected chi connectivity index (χ3v) is 3.15. The van der Waals surface area contributed by atoms with Gasteiger partial charge < -0.3 is 19.3 Å². The fourth-order valence-corrected chi connectivity index (χ4v) is 0.250. The minimum Gasteiger partial charge on any atom is -0.453 e. The van der Waals surface area contributed by atoms with Crippen molar-refractivity contribution in [2.75, 3.05) is 21.3 Å². The molecule has 0 bridgehead atoms. The third kappa shape index (κ3) is 12.1. The van der Waals surface area contributed by atoms with Crippen molar-refractivity contribution in [2.45, 2.75) is 13.1 Å². The molecule has 1 amide bonds. The Balaban J connectivity index is 0. The fourth-order valence-electron chi connectivity index (χ4n) is 0.0833. The summed E-state index contributed by atoms with van der Waals surface area (Å²) in [6.45, 7) is 3.99. The van der Waals surface area contributed by atoms with E-state index in [9.17, 15) is 4.79 Å². The maximum absolute atomic E-state index is 9.37. The Kier molecular flexibility index (Phi) is 8.23. The molecule has 0 radical (unpaired) electrons. The second-order valence-electron chi connectivity index (χ2n) is 2.33. The molecule has 0 aromatic rings. The molecular formula is C6H17NO4Si. The highest BCUT2D eigenvalue weighted by atomic mass is 28.4. The minimum atomic E-state index is -1.65. The first-order valence-electron chi connectivity index (χ1n) is 3.33. The molecule has 0 atom stereocenters. The lowest BCUT2D eigenvalue weighted by molar-refractivity contribution is 0.182. The van der Waals surface area contributed by atoms with Gasteiger partial charge in [0.1, 0.15) is 0 Å². The average Bonchev–Trinajstić information content (AvgIpc) is 2.05. The maximum atomic E-state index is 9.37. The number of rotatable bonds is 2. The number of amides is 1. The molecule has 2 N–H and O–H groups in total. The highest BCUT2D eigenvalue weighted by Gasteiger charge is 2.19. The summed E-state index contributed by atoms with van der Waals surface area (Å²) >= 11 is 0. The number of carbonyl (C=O) groups excluding carboxylic acids is 1. The topological polar surface area (TPSA) is 70.8 Å². The van der Waals surface area contributed by atoms with Crippen LogP contribution in [-0.2, 0) is 13.6 Å². The molecule has 0 saturated heterocycles. The van der Waals surface area contributed by atoms with Crippen molar-refractivity contribution < 1.29 is 18.4 Å². The summed E-state index contributed by atoms with van der Waals surface area (Å²) in [4.78, 5) is 9.37. The number of primary amides is 1. The van der Waals surface area contributed by atoms with Gasteiger partial charge in [-0.2, -0.15) is 0 Å². The molecule has 0 aliphatic rings. The molecule has 0 aliphatic heterocycles. The third-order valence-electron chi connectivity index (χ3n) is 1.18. The van der Waals surface area contributed by atoms with Crippen LogP contribution in [0.5, 0.6) is 0 Å². The van der Waals surface area contributed by atoms with Gasteiger partial charge in [-0.1, -0.05) is 0 Å². The predicted octanol–water partition coefficient (Wildman–Crippen LogP) is 0.692.